The van der Waals surface area contributed by atoms with E-state index in [4.69, 9.17) is 0 Å². The zero-order valence-corrected chi connectivity index (χ0v) is 17.8. The molecule has 0 heterocycles. The average molecular weight is 411 g/mol. The molecule has 0 spiro atoms. The maximum atomic E-state index is 12.5. The predicted molar refractivity (Wildman–Crippen MR) is 105 cm³/mol. The molecule has 0 aromatic rings. The highest BCUT2D eigenvalue weighted by Gasteiger charge is 2.61. The molecule has 0 aliphatic heterocycles. The number of ketones is 1. The molecule has 3 heteroatoms. The first-order chi connectivity index (χ1) is 11.7. The number of halogens is 1. The second-order valence-corrected chi connectivity index (χ2v) is 11.2. The van der Waals surface area contributed by atoms with E-state index in [1.807, 2.05) is 6.92 Å². The molecule has 4 aliphatic carbocycles. The van der Waals surface area contributed by atoms with Crippen LogP contribution in [-0.4, -0.2) is 21.8 Å². The summed E-state index contributed by atoms with van der Waals surface area (Å²) in [6.07, 6.45) is 10.7. The Morgan fingerprint density at radius 3 is 2.40 bits per heavy atom. The zero-order chi connectivity index (χ0) is 18.0. The maximum Gasteiger partial charge on any atom is 0.147 e. The molecule has 0 amide bonds. The Labute approximate surface area is 161 Å². The molecule has 1 N–H and O–H groups in total. The molecule has 0 bridgehead atoms. The molecule has 2 nitrogen and oxygen atoms in total. The topological polar surface area (TPSA) is 37.3 Å². The molecule has 0 aromatic heterocycles. The highest BCUT2D eigenvalue weighted by atomic mass is 79.9. The Balaban J connectivity index is 1.59. The van der Waals surface area contributed by atoms with Crippen molar-refractivity contribution in [3.05, 3.63) is 0 Å². The lowest BCUT2D eigenvalue weighted by molar-refractivity contribution is -0.150. The van der Waals surface area contributed by atoms with Gasteiger partial charge < -0.3 is 5.11 Å². The van der Waals surface area contributed by atoms with Crippen molar-refractivity contribution < 1.29 is 9.90 Å². The Hall–Kier alpha value is 0.110. The number of rotatable bonds is 2. The summed E-state index contributed by atoms with van der Waals surface area (Å²) in [6, 6.07) is 0. The van der Waals surface area contributed by atoms with Gasteiger partial charge >= 0.3 is 0 Å². The summed E-state index contributed by atoms with van der Waals surface area (Å²) in [5.74, 6) is 3.81. The van der Waals surface area contributed by atoms with Crippen LogP contribution in [0.15, 0.2) is 0 Å². The van der Waals surface area contributed by atoms with Crippen molar-refractivity contribution in [2.45, 2.75) is 84.2 Å². The van der Waals surface area contributed by atoms with Crippen LogP contribution in [0.1, 0.15) is 78.6 Å². The lowest BCUT2D eigenvalue weighted by Gasteiger charge is -2.61. The summed E-state index contributed by atoms with van der Waals surface area (Å²) in [5, 5.41) is 11.1. The largest absolute Gasteiger partial charge is 0.390 e. The van der Waals surface area contributed by atoms with Crippen molar-refractivity contribution in [3.63, 3.8) is 0 Å². The highest BCUT2D eigenvalue weighted by Crippen LogP contribution is 2.68. The smallest absolute Gasteiger partial charge is 0.147 e. The van der Waals surface area contributed by atoms with Gasteiger partial charge in [-0.05, 0) is 99.2 Å². The van der Waals surface area contributed by atoms with E-state index < -0.39 is 5.60 Å². The van der Waals surface area contributed by atoms with E-state index in [2.05, 4.69) is 29.8 Å². The van der Waals surface area contributed by atoms with Crippen molar-refractivity contribution in [2.75, 3.05) is 5.33 Å². The predicted octanol–water partition coefficient (Wildman–Crippen LogP) is 5.36. The molecule has 4 saturated carbocycles. The van der Waals surface area contributed by atoms with Crippen LogP contribution in [-0.2, 0) is 4.79 Å². The van der Waals surface area contributed by atoms with E-state index >= 15 is 0 Å². The Morgan fingerprint density at radius 2 is 1.68 bits per heavy atom. The summed E-state index contributed by atoms with van der Waals surface area (Å²) >= 11 is 3.43. The number of alkyl halides is 1. The van der Waals surface area contributed by atoms with Crippen LogP contribution in [0, 0.1) is 40.4 Å². The van der Waals surface area contributed by atoms with E-state index in [-0.39, 0.29) is 11.3 Å². The molecular formula is C22H35BrO2. The number of hydrogen-bond acceptors (Lipinski definition) is 2. The molecule has 1 unspecified atom stereocenters. The van der Waals surface area contributed by atoms with Crippen LogP contribution < -0.4 is 0 Å². The summed E-state index contributed by atoms with van der Waals surface area (Å²) in [7, 11) is 0. The zero-order valence-electron chi connectivity index (χ0n) is 16.2. The third kappa shape index (κ3) is 2.70. The Bertz CT molecular complexity index is 558. The number of carbonyl (C=O) groups is 1. The van der Waals surface area contributed by atoms with Gasteiger partial charge in [0.05, 0.1) is 10.9 Å². The van der Waals surface area contributed by atoms with Crippen molar-refractivity contribution in [2.24, 2.45) is 40.4 Å². The molecule has 8 atom stereocenters. The van der Waals surface area contributed by atoms with Crippen molar-refractivity contribution in [1.29, 1.82) is 0 Å². The van der Waals surface area contributed by atoms with Gasteiger partial charge in [0.2, 0.25) is 0 Å². The molecular weight excluding hydrogens is 376 g/mol. The molecule has 142 valence electrons. The van der Waals surface area contributed by atoms with Crippen LogP contribution in [0.3, 0.4) is 0 Å². The van der Waals surface area contributed by atoms with Crippen LogP contribution in [0.2, 0.25) is 0 Å². The minimum Gasteiger partial charge on any atom is -0.390 e. The molecule has 4 rings (SSSR count). The quantitative estimate of drug-likeness (QED) is 0.621. The maximum absolute atomic E-state index is 12.5. The molecule has 4 aliphatic rings. The number of hydrogen-bond donors (Lipinski definition) is 1. The standard InChI is InChI=1S/C22H35BrO2/c1-20(25)10-11-21(2)14(12-20)4-5-15-16-6-7-18(19(24)13-23)22(16,3)9-8-17(15)21/h14-18,25H,4-13H2,1-3H3/t14-,15-,16-,17?,18+,20+,21-,22-/m0/s1. The van der Waals surface area contributed by atoms with Gasteiger partial charge in [-0.3, -0.25) is 4.79 Å². The van der Waals surface area contributed by atoms with E-state index in [0.717, 1.165) is 37.0 Å². The molecule has 0 radical (unpaired) electrons. The van der Waals surface area contributed by atoms with Crippen molar-refractivity contribution in [3.8, 4) is 0 Å². The number of aliphatic hydroxyl groups is 1. The minimum absolute atomic E-state index is 0.245. The summed E-state index contributed by atoms with van der Waals surface area (Å²) < 4.78 is 0. The SMILES string of the molecule is C[C@@]1(O)CC[C@]2(C)C3CC[C@]4(C)[C@@H](C(=O)CBr)CC[C@H]4[C@@H]3CC[C@H]2C1. The van der Waals surface area contributed by atoms with Gasteiger partial charge in [0.25, 0.3) is 0 Å². The van der Waals surface area contributed by atoms with Gasteiger partial charge in [-0.2, -0.15) is 0 Å². The van der Waals surface area contributed by atoms with Crippen LogP contribution >= 0.6 is 15.9 Å². The summed E-state index contributed by atoms with van der Waals surface area (Å²) in [4.78, 5) is 12.5. The number of fused-ring (bicyclic) bond motifs is 5. The lowest BCUT2D eigenvalue weighted by atomic mass is 9.44. The second-order valence-electron chi connectivity index (χ2n) is 10.6. The molecule has 4 fully saturated rings. The fourth-order valence-electron chi connectivity index (χ4n) is 8.05. The molecule has 25 heavy (non-hydrogen) atoms. The fourth-order valence-corrected chi connectivity index (χ4v) is 8.44. The van der Waals surface area contributed by atoms with Gasteiger partial charge in [-0.15, -0.1) is 0 Å². The van der Waals surface area contributed by atoms with Crippen LogP contribution in [0.4, 0.5) is 0 Å². The van der Waals surface area contributed by atoms with Crippen LogP contribution in [0.5, 0.6) is 0 Å². The van der Waals surface area contributed by atoms with E-state index in [0.29, 0.717) is 22.4 Å². The summed E-state index contributed by atoms with van der Waals surface area (Å²) in [5.41, 5.74) is 0.223. The first-order valence-electron chi connectivity index (χ1n) is 10.5. The molecule has 0 saturated heterocycles. The van der Waals surface area contributed by atoms with E-state index in [1.54, 1.807) is 0 Å². The van der Waals surface area contributed by atoms with E-state index in [9.17, 15) is 9.90 Å². The third-order valence-electron chi connectivity index (χ3n) is 9.47. The first-order valence-corrected chi connectivity index (χ1v) is 11.6. The van der Waals surface area contributed by atoms with Gasteiger partial charge in [0.1, 0.15) is 5.78 Å². The Kier molecular flexibility index (Phi) is 4.47. The normalized spacial score (nSPS) is 55.2. The molecule has 0 aromatic carbocycles. The summed E-state index contributed by atoms with van der Waals surface area (Å²) in [6.45, 7) is 7.03. The number of Topliss-reactive ketones (excluding diaryl/α,β-unsaturated/α-hetero) is 1. The number of carbonyl (C=O) groups excluding carboxylic acids is 1. The van der Waals surface area contributed by atoms with Gasteiger partial charge in [0.15, 0.2) is 0 Å². The van der Waals surface area contributed by atoms with E-state index in [1.165, 1.54) is 38.5 Å². The Morgan fingerprint density at radius 1 is 0.960 bits per heavy atom. The van der Waals surface area contributed by atoms with Crippen LogP contribution in [0.25, 0.3) is 0 Å². The lowest BCUT2D eigenvalue weighted by Crippen LogP contribution is -2.55. The van der Waals surface area contributed by atoms with Gasteiger partial charge in [0, 0.05) is 5.92 Å². The first kappa shape index (κ1) is 18.5. The van der Waals surface area contributed by atoms with Gasteiger partial charge in [-0.1, -0.05) is 29.8 Å². The van der Waals surface area contributed by atoms with Crippen molar-refractivity contribution >= 4 is 21.7 Å². The van der Waals surface area contributed by atoms with Gasteiger partial charge in [-0.25, -0.2) is 0 Å². The third-order valence-corrected chi connectivity index (χ3v) is 10.0. The fraction of sp³-hybridized carbons (Fsp3) is 0.955. The van der Waals surface area contributed by atoms with Crippen molar-refractivity contribution in [1.82, 2.24) is 0 Å². The average Bonchev–Trinajstić information content (AvgIpc) is 2.92. The monoisotopic (exact) mass is 410 g/mol. The minimum atomic E-state index is -0.444. The highest BCUT2D eigenvalue weighted by molar-refractivity contribution is 9.09. The second kappa shape index (κ2) is 6.06.